The first-order valence-electron chi connectivity index (χ1n) is 6.77. The molecule has 5 heteroatoms. The molecule has 0 amide bonds. The Balaban J connectivity index is 2.34. The summed E-state index contributed by atoms with van der Waals surface area (Å²) in [5, 5.41) is 0.750. The SMILES string of the molecule is Cc1cc(Br)c(C(C)C)cc1OC(=O)c1ccc(Cl)cc1Cl. The molecule has 0 aliphatic heterocycles. The van der Waals surface area contributed by atoms with E-state index in [1.807, 2.05) is 19.1 Å². The van der Waals surface area contributed by atoms with Crippen LogP contribution in [-0.2, 0) is 0 Å². The van der Waals surface area contributed by atoms with Crippen LogP contribution in [-0.4, -0.2) is 5.97 Å². The summed E-state index contributed by atoms with van der Waals surface area (Å²) in [6.07, 6.45) is 0. The third-order valence-corrected chi connectivity index (χ3v) is 4.50. The molecule has 2 nitrogen and oxygen atoms in total. The molecule has 0 aliphatic carbocycles. The molecule has 0 radical (unpaired) electrons. The van der Waals surface area contributed by atoms with Gasteiger partial charge in [-0.15, -0.1) is 0 Å². The fourth-order valence-corrected chi connectivity index (χ4v) is 3.43. The van der Waals surface area contributed by atoms with Gasteiger partial charge in [0.05, 0.1) is 10.6 Å². The van der Waals surface area contributed by atoms with Crippen molar-refractivity contribution in [3.05, 3.63) is 61.5 Å². The summed E-state index contributed by atoms with van der Waals surface area (Å²) in [7, 11) is 0. The van der Waals surface area contributed by atoms with E-state index < -0.39 is 5.97 Å². The van der Waals surface area contributed by atoms with E-state index in [0.29, 0.717) is 22.3 Å². The zero-order valence-corrected chi connectivity index (χ0v) is 15.5. The Morgan fingerprint density at radius 1 is 1.18 bits per heavy atom. The molecule has 0 spiro atoms. The highest BCUT2D eigenvalue weighted by molar-refractivity contribution is 9.10. The molecule has 0 aromatic heterocycles. The monoisotopic (exact) mass is 400 g/mol. The third kappa shape index (κ3) is 3.83. The number of esters is 1. The van der Waals surface area contributed by atoms with E-state index in [0.717, 1.165) is 15.6 Å². The second-order valence-corrected chi connectivity index (χ2v) is 7.01. The van der Waals surface area contributed by atoms with Crippen molar-refractivity contribution in [2.24, 2.45) is 0 Å². The predicted octanol–water partition coefficient (Wildman–Crippen LogP) is 6.41. The predicted molar refractivity (Wildman–Crippen MR) is 94.4 cm³/mol. The Bertz CT molecular complexity index is 727. The maximum absolute atomic E-state index is 12.3. The number of halogens is 3. The molecule has 0 fully saturated rings. The minimum atomic E-state index is -0.498. The highest BCUT2D eigenvalue weighted by atomic mass is 79.9. The molecule has 2 aromatic rings. The summed E-state index contributed by atoms with van der Waals surface area (Å²) in [4.78, 5) is 12.3. The molecule has 0 saturated carbocycles. The molecule has 0 aliphatic rings. The largest absolute Gasteiger partial charge is 0.423 e. The summed E-state index contributed by atoms with van der Waals surface area (Å²) in [6.45, 7) is 6.05. The third-order valence-electron chi connectivity index (χ3n) is 3.27. The average molecular weight is 402 g/mol. The van der Waals surface area contributed by atoms with Crippen LogP contribution in [0.4, 0.5) is 0 Å². The number of carbonyl (C=O) groups is 1. The van der Waals surface area contributed by atoms with E-state index in [-0.39, 0.29) is 5.02 Å². The lowest BCUT2D eigenvalue weighted by atomic mass is 10.0. The van der Waals surface area contributed by atoms with Crippen LogP contribution in [0.5, 0.6) is 5.75 Å². The summed E-state index contributed by atoms with van der Waals surface area (Å²) in [5.74, 6) is 0.344. The summed E-state index contributed by atoms with van der Waals surface area (Å²) in [6, 6.07) is 8.52. The summed E-state index contributed by atoms with van der Waals surface area (Å²) in [5.41, 5.74) is 2.24. The maximum atomic E-state index is 12.3. The molecule has 2 rings (SSSR count). The van der Waals surface area contributed by atoms with E-state index in [1.54, 1.807) is 12.1 Å². The summed E-state index contributed by atoms with van der Waals surface area (Å²) < 4.78 is 6.51. The van der Waals surface area contributed by atoms with Crippen LogP contribution in [0.3, 0.4) is 0 Å². The first-order valence-corrected chi connectivity index (χ1v) is 8.31. The minimum absolute atomic E-state index is 0.274. The standard InChI is InChI=1S/C17H15BrCl2O2/c1-9(2)13-8-16(10(3)6-14(13)18)22-17(21)12-5-4-11(19)7-15(12)20/h4-9H,1-3H3. The molecule has 0 bridgehead atoms. The number of benzene rings is 2. The fourth-order valence-electron chi connectivity index (χ4n) is 2.03. The van der Waals surface area contributed by atoms with Crippen LogP contribution in [0.1, 0.15) is 41.3 Å². The van der Waals surface area contributed by atoms with Gasteiger partial charge in [0.1, 0.15) is 5.75 Å². The van der Waals surface area contributed by atoms with Gasteiger partial charge in [-0.3, -0.25) is 0 Å². The number of aryl methyl sites for hydroxylation is 1. The van der Waals surface area contributed by atoms with Crippen molar-refractivity contribution in [2.45, 2.75) is 26.7 Å². The summed E-state index contributed by atoms with van der Waals surface area (Å²) >= 11 is 15.4. The maximum Gasteiger partial charge on any atom is 0.345 e. The molecule has 116 valence electrons. The van der Waals surface area contributed by atoms with Crippen molar-refractivity contribution < 1.29 is 9.53 Å². The second kappa shape index (κ2) is 7.03. The molecule has 0 atom stereocenters. The van der Waals surface area contributed by atoms with Crippen molar-refractivity contribution in [1.29, 1.82) is 0 Å². The van der Waals surface area contributed by atoms with Crippen molar-refractivity contribution in [3.8, 4) is 5.75 Å². The number of hydrogen-bond donors (Lipinski definition) is 0. The van der Waals surface area contributed by atoms with Gasteiger partial charge in [0.2, 0.25) is 0 Å². The van der Waals surface area contributed by atoms with Gasteiger partial charge in [-0.25, -0.2) is 4.79 Å². The number of carbonyl (C=O) groups excluding carboxylic acids is 1. The van der Waals surface area contributed by atoms with Crippen LogP contribution in [0.2, 0.25) is 10.0 Å². The van der Waals surface area contributed by atoms with Gasteiger partial charge in [0, 0.05) is 9.50 Å². The van der Waals surface area contributed by atoms with Crippen LogP contribution in [0.25, 0.3) is 0 Å². The Hall–Kier alpha value is -1.03. The van der Waals surface area contributed by atoms with Crippen LogP contribution in [0.15, 0.2) is 34.8 Å². The molecule has 0 unspecified atom stereocenters. The van der Waals surface area contributed by atoms with Crippen LogP contribution in [0, 0.1) is 6.92 Å². The Morgan fingerprint density at radius 3 is 2.45 bits per heavy atom. The minimum Gasteiger partial charge on any atom is -0.423 e. The number of ether oxygens (including phenoxy) is 1. The lowest BCUT2D eigenvalue weighted by Crippen LogP contribution is -2.10. The van der Waals surface area contributed by atoms with Crippen LogP contribution >= 0.6 is 39.1 Å². The highest BCUT2D eigenvalue weighted by Gasteiger charge is 2.16. The highest BCUT2D eigenvalue weighted by Crippen LogP contribution is 2.32. The Kier molecular flexibility index (Phi) is 5.54. The van der Waals surface area contributed by atoms with Gasteiger partial charge >= 0.3 is 5.97 Å². The topological polar surface area (TPSA) is 26.3 Å². The molecular formula is C17H15BrCl2O2. The Labute approximate surface area is 148 Å². The molecule has 22 heavy (non-hydrogen) atoms. The number of rotatable bonds is 3. The van der Waals surface area contributed by atoms with Gasteiger partial charge in [-0.05, 0) is 54.3 Å². The quantitative estimate of drug-likeness (QED) is 0.438. The lowest BCUT2D eigenvalue weighted by molar-refractivity contribution is 0.0733. The van der Waals surface area contributed by atoms with Crippen molar-refractivity contribution >= 4 is 45.1 Å². The van der Waals surface area contributed by atoms with Gasteiger partial charge in [-0.1, -0.05) is 53.0 Å². The van der Waals surface area contributed by atoms with Crippen molar-refractivity contribution in [1.82, 2.24) is 0 Å². The first-order chi connectivity index (χ1) is 10.3. The van der Waals surface area contributed by atoms with E-state index in [1.165, 1.54) is 6.07 Å². The van der Waals surface area contributed by atoms with Gasteiger partial charge in [0.25, 0.3) is 0 Å². The molecule has 0 N–H and O–H groups in total. The van der Waals surface area contributed by atoms with Gasteiger partial charge in [0.15, 0.2) is 0 Å². The van der Waals surface area contributed by atoms with Crippen LogP contribution < -0.4 is 4.74 Å². The lowest BCUT2D eigenvalue weighted by Gasteiger charge is -2.14. The normalized spacial score (nSPS) is 10.9. The van der Waals surface area contributed by atoms with E-state index >= 15 is 0 Å². The Morgan fingerprint density at radius 2 is 1.86 bits per heavy atom. The van der Waals surface area contributed by atoms with Crippen molar-refractivity contribution in [3.63, 3.8) is 0 Å². The zero-order valence-electron chi connectivity index (χ0n) is 12.4. The van der Waals surface area contributed by atoms with Gasteiger partial charge < -0.3 is 4.74 Å². The van der Waals surface area contributed by atoms with Crippen molar-refractivity contribution in [2.75, 3.05) is 0 Å². The zero-order chi connectivity index (χ0) is 16.4. The second-order valence-electron chi connectivity index (χ2n) is 5.31. The van der Waals surface area contributed by atoms with Gasteiger partial charge in [-0.2, -0.15) is 0 Å². The first kappa shape index (κ1) is 17.3. The average Bonchev–Trinajstić information content (AvgIpc) is 2.41. The molecule has 2 aromatic carbocycles. The molecule has 0 saturated heterocycles. The number of hydrogen-bond acceptors (Lipinski definition) is 2. The smallest absolute Gasteiger partial charge is 0.345 e. The molecular weight excluding hydrogens is 387 g/mol. The van der Waals surface area contributed by atoms with E-state index in [4.69, 9.17) is 27.9 Å². The van der Waals surface area contributed by atoms with E-state index in [2.05, 4.69) is 29.8 Å². The van der Waals surface area contributed by atoms with E-state index in [9.17, 15) is 4.79 Å². The molecule has 0 heterocycles. The fraction of sp³-hybridized carbons (Fsp3) is 0.235.